The number of hydrogen-bond donors (Lipinski definition) is 0. The molecule has 0 aromatic heterocycles. The van der Waals surface area contributed by atoms with Gasteiger partial charge in [0.2, 0.25) is 0 Å². The van der Waals surface area contributed by atoms with Crippen molar-refractivity contribution in [3.05, 3.63) is 82.5 Å². The number of allylic oxidation sites excluding steroid dienone is 8. The summed E-state index contributed by atoms with van der Waals surface area (Å²) < 4.78 is 3.05. The van der Waals surface area contributed by atoms with Crippen LogP contribution in [0.25, 0.3) is 0 Å². The zero-order valence-electron chi connectivity index (χ0n) is 17.2. The SMILES string of the molecule is Cl.Cl.[SiH2]=[Zr]([CH2]c1ccccc1)([CH]1C=CC2=C1CCCC2)[CH]1C=CC2=C1CCCC2. The van der Waals surface area contributed by atoms with Crippen LogP contribution < -0.4 is 0 Å². The van der Waals surface area contributed by atoms with Crippen molar-refractivity contribution in [2.45, 2.75) is 62.7 Å². The van der Waals surface area contributed by atoms with Crippen LogP contribution in [-0.4, -0.2) is 6.88 Å². The summed E-state index contributed by atoms with van der Waals surface area (Å²) in [7, 11) is 0. The average Bonchev–Trinajstić information content (AvgIpc) is 3.34. The second-order valence-electron chi connectivity index (χ2n) is 9.08. The van der Waals surface area contributed by atoms with Crippen LogP contribution in [0.2, 0.25) is 7.25 Å². The number of hydrogen-bond acceptors (Lipinski definition) is 0. The van der Waals surface area contributed by atoms with Crippen molar-refractivity contribution >= 4 is 31.7 Å². The maximum absolute atomic E-state index is 2.68. The summed E-state index contributed by atoms with van der Waals surface area (Å²) in [5, 5.41) is 0. The molecule has 0 bridgehead atoms. The molecule has 29 heavy (non-hydrogen) atoms. The molecule has 0 aliphatic heterocycles. The summed E-state index contributed by atoms with van der Waals surface area (Å²) in [6.45, 7) is 2.53. The molecule has 0 N–H and O–H groups in total. The van der Waals surface area contributed by atoms with Gasteiger partial charge in [-0.3, -0.25) is 0 Å². The maximum atomic E-state index is 2.68. The minimum atomic E-state index is -2.56. The van der Waals surface area contributed by atoms with E-state index in [2.05, 4.69) is 61.5 Å². The second kappa shape index (κ2) is 9.99. The molecule has 4 heteroatoms. The van der Waals surface area contributed by atoms with Crippen LogP contribution >= 0.6 is 24.8 Å². The van der Waals surface area contributed by atoms with Crippen LogP contribution in [0.4, 0.5) is 0 Å². The van der Waals surface area contributed by atoms with E-state index in [1.54, 1.807) is 16.7 Å². The van der Waals surface area contributed by atoms with E-state index < -0.39 is 18.9 Å². The second-order valence-corrected chi connectivity index (χ2v) is 26.9. The van der Waals surface area contributed by atoms with Gasteiger partial charge in [0.15, 0.2) is 0 Å². The number of rotatable bonds is 4. The molecule has 0 nitrogen and oxygen atoms in total. The molecule has 0 heterocycles. The van der Waals surface area contributed by atoms with Gasteiger partial charge in [0.25, 0.3) is 0 Å². The Labute approximate surface area is 194 Å². The first kappa shape index (κ1) is 23.5. The van der Waals surface area contributed by atoms with Crippen molar-refractivity contribution in [3.63, 3.8) is 0 Å². The fraction of sp³-hybridized carbons (Fsp3) is 0.440. The van der Waals surface area contributed by atoms with E-state index in [0.717, 1.165) is 7.25 Å². The summed E-state index contributed by atoms with van der Waals surface area (Å²) in [6.07, 6.45) is 21.5. The van der Waals surface area contributed by atoms with Gasteiger partial charge in [-0.05, 0) is 0 Å². The molecular weight excluding hydrogens is 490 g/mol. The first-order chi connectivity index (χ1) is 13.3. The molecule has 4 aliphatic rings. The molecule has 0 saturated carbocycles. The van der Waals surface area contributed by atoms with Crippen LogP contribution in [0.5, 0.6) is 0 Å². The molecule has 1 aromatic rings. The Morgan fingerprint density at radius 2 is 1.21 bits per heavy atom. The van der Waals surface area contributed by atoms with E-state index in [9.17, 15) is 0 Å². The fourth-order valence-electron chi connectivity index (χ4n) is 6.12. The van der Waals surface area contributed by atoms with Gasteiger partial charge in [-0.1, -0.05) is 0 Å². The molecular formula is C25H33Cl2SiZr. The first-order valence-corrected chi connectivity index (χ1v) is 21.4. The molecule has 2 unspecified atom stereocenters. The molecule has 0 amide bonds. The Morgan fingerprint density at radius 1 is 0.724 bits per heavy atom. The summed E-state index contributed by atoms with van der Waals surface area (Å²) in [5.74, 6) is 0. The topological polar surface area (TPSA) is 0 Å². The molecule has 0 saturated heterocycles. The van der Waals surface area contributed by atoms with Crippen LogP contribution in [-0.2, 0) is 23.0 Å². The monoisotopic (exact) mass is 521 g/mol. The van der Waals surface area contributed by atoms with E-state index in [4.69, 9.17) is 0 Å². The molecule has 5 rings (SSSR count). The van der Waals surface area contributed by atoms with Gasteiger partial charge in [0, 0.05) is 0 Å². The third-order valence-electron chi connectivity index (χ3n) is 7.45. The summed E-state index contributed by atoms with van der Waals surface area (Å²) in [5.41, 5.74) is 8.81. The van der Waals surface area contributed by atoms with Gasteiger partial charge in [-0.2, -0.15) is 0 Å². The number of benzene rings is 1. The van der Waals surface area contributed by atoms with Crippen molar-refractivity contribution in [2.75, 3.05) is 0 Å². The third-order valence-corrected chi connectivity index (χ3v) is 25.5. The Balaban J connectivity index is 0.00000120. The molecule has 1 aromatic carbocycles. The van der Waals surface area contributed by atoms with E-state index in [-0.39, 0.29) is 24.8 Å². The van der Waals surface area contributed by atoms with E-state index in [0.29, 0.717) is 0 Å². The third kappa shape index (κ3) is 4.43. The summed E-state index contributed by atoms with van der Waals surface area (Å²) in [6, 6.07) is 11.5. The van der Waals surface area contributed by atoms with Crippen molar-refractivity contribution < 1.29 is 18.9 Å². The normalized spacial score (nSPS) is 27.0. The zero-order valence-corrected chi connectivity index (χ0v) is 22.7. The summed E-state index contributed by atoms with van der Waals surface area (Å²) >= 11 is -2.56. The molecule has 0 radical (unpaired) electrons. The van der Waals surface area contributed by atoms with E-state index in [1.165, 1.54) is 55.5 Å². The molecule has 0 spiro atoms. The quantitative estimate of drug-likeness (QED) is 0.367. The molecule has 155 valence electrons. The average molecular weight is 524 g/mol. The zero-order chi connectivity index (χ0) is 18.3. The standard InChI is InChI=1S/2C9H11.C7H7.2ClH.H2Si.Zr/c2*1-2-5-9-7-3-6-8(9)4-1;1-7-5-3-2-4-6-7;;;;/h2*3,6-7H,1-2,4-5H2;2-6H,1H2;2*1H;1H2;. The van der Waals surface area contributed by atoms with Crippen molar-refractivity contribution in [2.24, 2.45) is 0 Å². The van der Waals surface area contributed by atoms with Crippen LogP contribution in [0, 0.1) is 0 Å². The predicted molar refractivity (Wildman–Crippen MR) is 130 cm³/mol. The molecule has 4 aliphatic carbocycles. The van der Waals surface area contributed by atoms with Gasteiger partial charge in [-0.25, -0.2) is 0 Å². The molecule has 2 atom stereocenters. The first-order valence-electron chi connectivity index (χ1n) is 11.0. The Kier molecular flexibility index (Phi) is 8.10. The van der Waals surface area contributed by atoms with E-state index in [1.807, 2.05) is 11.1 Å². The minimum absolute atomic E-state index is 0. The fourth-order valence-corrected chi connectivity index (χ4v) is 24.2. The Morgan fingerprint density at radius 3 is 1.72 bits per heavy atom. The van der Waals surface area contributed by atoms with Crippen LogP contribution in [0.3, 0.4) is 0 Å². The van der Waals surface area contributed by atoms with Gasteiger partial charge in [0.1, 0.15) is 0 Å². The van der Waals surface area contributed by atoms with Crippen molar-refractivity contribution in [1.29, 1.82) is 0 Å². The van der Waals surface area contributed by atoms with Gasteiger partial charge in [0.05, 0.1) is 0 Å². The van der Waals surface area contributed by atoms with Crippen molar-refractivity contribution in [3.8, 4) is 0 Å². The number of halogens is 2. The molecule has 0 fully saturated rings. The van der Waals surface area contributed by atoms with Gasteiger partial charge in [-0.15, -0.1) is 24.8 Å². The summed E-state index contributed by atoms with van der Waals surface area (Å²) in [4.78, 5) is 0. The Hall–Kier alpha value is -0.140. The van der Waals surface area contributed by atoms with E-state index >= 15 is 0 Å². The van der Waals surface area contributed by atoms with Crippen molar-refractivity contribution in [1.82, 2.24) is 0 Å². The predicted octanol–water partition coefficient (Wildman–Crippen LogP) is 7.19. The van der Waals surface area contributed by atoms with Gasteiger partial charge >= 0.3 is 171 Å². The van der Waals surface area contributed by atoms with Crippen LogP contribution in [0.1, 0.15) is 56.9 Å². The van der Waals surface area contributed by atoms with Gasteiger partial charge < -0.3 is 0 Å². The Bertz CT molecular complexity index is 858. The van der Waals surface area contributed by atoms with Crippen LogP contribution in [0.15, 0.2) is 76.9 Å².